The molecule has 4 nitrogen and oxygen atoms in total. The monoisotopic (exact) mass is 244 g/mol. The normalized spacial score (nSPS) is 20.7. The number of nitrogens with one attached hydrogen (secondary N) is 1. The molecule has 2 aromatic rings. The molecule has 4 heteroatoms. The summed E-state index contributed by atoms with van der Waals surface area (Å²) in [6.07, 6.45) is 4.66. The molecule has 96 valence electrons. The Hall–Kier alpha value is -1.42. The lowest BCUT2D eigenvalue weighted by atomic mass is 9.92. The van der Waals surface area contributed by atoms with Crippen LogP contribution < -0.4 is 5.32 Å². The zero-order valence-electron chi connectivity index (χ0n) is 11.1. The lowest BCUT2D eigenvalue weighted by molar-refractivity contribution is 0.461. The van der Waals surface area contributed by atoms with Gasteiger partial charge in [-0.1, -0.05) is 13.8 Å². The van der Waals surface area contributed by atoms with Crippen molar-refractivity contribution in [2.75, 3.05) is 13.1 Å². The first-order chi connectivity index (χ1) is 8.75. The molecule has 3 rings (SSSR count). The first-order valence-corrected chi connectivity index (χ1v) is 6.81. The Morgan fingerprint density at radius 2 is 2.28 bits per heavy atom. The van der Waals surface area contributed by atoms with Crippen LogP contribution in [0.5, 0.6) is 0 Å². The van der Waals surface area contributed by atoms with Crippen LogP contribution in [0.2, 0.25) is 0 Å². The van der Waals surface area contributed by atoms with Crippen molar-refractivity contribution in [3.05, 3.63) is 29.7 Å². The predicted octanol–water partition coefficient (Wildman–Crippen LogP) is 2.32. The third kappa shape index (κ3) is 2.01. The van der Waals surface area contributed by atoms with Crippen LogP contribution in [0.3, 0.4) is 0 Å². The van der Waals surface area contributed by atoms with Gasteiger partial charge in [0, 0.05) is 18.7 Å². The van der Waals surface area contributed by atoms with Crippen molar-refractivity contribution in [2.45, 2.75) is 38.5 Å². The van der Waals surface area contributed by atoms with Gasteiger partial charge in [-0.2, -0.15) is 0 Å². The molecular formula is C14H20N4. The average molecular weight is 244 g/mol. The second kappa shape index (κ2) is 4.69. The Morgan fingerprint density at radius 1 is 1.39 bits per heavy atom. The van der Waals surface area contributed by atoms with Gasteiger partial charge in [-0.05, 0) is 43.0 Å². The molecule has 1 fully saturated rings. The maximum atomic E-state index is 4.29. The van der Waals surface area contributed by atoms with E-state index in [1.54, 1.807) is 0 Å². The van der Waals surface area contributed by atoms with Crippen molar-refractivity contribution < 1.29 is 0 Å². The maximum Gasteiger partial charge on any atom is 0.161 e. The van der Waals surface area contributed by atoms with Crippen LogP contribution in [-0.4, -0.2) is 27.7 Å². The maximum absolute atomic E-state index is 4.29. The van der Waals surface area contributed by atoms with Gasteiger partial charge in [0.05, 0.1) is 0 Å². The molecule has 0 aromatic carbocycles. The Bertz CT molecular complexity index is 538. The summed E-state index contributed by atoms with van der Waals surface area (Å²) in [5.41, 5.74) is 2.36. The van der Waals surface area contributed by atoms with Crippen LogP contribution in [-0.2, 0) is 0 Å². The third-order valence-electron chi connectivity index (χ3n) is 3.75. The van der Waals surface area contributed by atoms with Gasteiger partial charge in [0.15, 0.2) is 5.65 Å². The van der Waals surface area contributed by atoms with Gasteiger partial charge >= 0.3 is 0 Å². The molecular weight excluding hydrogens is 224 g/mol. The van der Waals surface area contributed by atoms with E-state index in [-0.39, 0.29) is 0 Å². The molecule has 1 aliphatic rings. The van der Waals surface area contributed by atoms with Gasteiger partial charge in [-0.3, -0.25) is 4.40 Å². The zero-order chi connectivity index (χ0) is 12.5. The summed E-state index contributed by atoms with van der Waals surface area (Å²) in [6, 6.07) is 4.41. The van der Waals surface area contributed by atoms with Crippen molar-refractivity contribution in [3.63, 3.8) is 0 Å². The molecule has 18 heavy (non-hydrogen) atoms. The van der Waals surface area contributed by atoms with Crippen LogP contribution in [0, 0.1) is 0 Å². The number of rotatable bonds is 2. The fraction of sp³-hybridized carbons (Fsp3) is 0.571. The largest absolute Gasteiger partial charge is 0.316 e. The fourth-order valence-electron chi connectivity index (χ4n) is 2.71. The molecule has 1 N–H and O–H groups in total. The standard InChI is InChI=1S/C14H20N4/c1-10(2)14-17-16-13-8-11(5-7-18(13)14)12-4-3-6-15-9-12/h5,7-8,10,12,15H,3-4,6,9H2,1-2H3. The van der Waals surface area contributed by atoms with Crippen molar-refractivity contribution in [2.24, 2.45) is 0 Å². The van der Waals surface area contributed by atoms with Crippen molar-refractivity contribution in [1.82, 2.24) is 19.9 Å². The Kier molecular flexibility index (Phi) is 3.04. The summed E-state index contributed by atoms with van der Waals surface area (Å²) in [5, 5.41) is 12.0. The Balaban J connectivity index is 1.96. The first kappa shape index (κ1) is 11.7. The molecule has 0 radical (unpaired) electrons. The smallest absolute Gasteiger partial charge is 0.161 e. The van der Waals surface area contributed by atoms with Crippen molar-refractivity contribution in [3.8, 4) is 0 Å². The summed E-state index contributed by atoms with van der Waals surface area (Å²) in [5.74, 6) is 2.07. The molecule has 1 unspecified atom stereocenters. The highest BCUT2D eigenvalue weighted by Crippen LogP contribution is 2.24. The van der Waals surface area contributed by atoms with Crippen LogP contribution in [0.15, 0.2) is 18.3 Å². The lowest BCUT2D eigenvalue weighted by Crippen LogP contribution is -2.28. The van der Waals surface area contributed by atoms with E-state index in [1.165, 1.54) is 18.4 Å². The molecule has 0 amide bonds. The van der Waals surface area contributed by atoms with Crippen LogP contribution in [0.25, 0.3) is 5.65 Å². The Morgan fingerprint density at radius 3 is 3.00 bits per heavy atom. The Labute approximate surface area is 107 Å². The SMILES string of the molecule is CC(C)c1nnc2cc(C3CCCNC3)ccn12. The number of piperidine rings is 1. The minimum atomic E-state index is 0.405. The van der Waals surface area contributed by atoms with E-state index in [0.29, 0.717) is 11.8 Å². The third-order valence-corrected chi connectivity index (χ3v) is 3.75. The molecule has 0 bridgehead atoms. The second-order valence-electron chi connectivity index (χ2n) is 5.44. The van der Waals surface area contributed by atoms with E-state index in [1.807, 2.05) is 0 Å². The minimum Gasteiger partial charge on any atom is -0.316 e. The van der Waals surface area contributed by atoms with Gasteiger partial charge in [-0.25, -0.2) is 0 Å². The molecule has 1 saturated heterocycles. The first-order valence-electron chi connectivity index (χ1n) is 6.81. The lowest BCUT2D eigenvalue weighted by Gasteiger charge is -2.23. The molecule has 0 spiro atoms. The van der Waals surface area contributed by atoms with Crippen molar-refractivity contribution in [1.29, 1.82) is 0 Å². The van der Waals surface area contributed by atoms with Crippen molar-refractivity contribution >= 4 is 5.65 Å². The molecule has 1 atom stereocenters. The highest BCUT2D eigenvalue weighted by atomic mass is 15.2. The van der Waals surface area contributed by atoms with E-state index < -0.39 is 0 Å². The number of hydrogen-bond donors (Lipinski definition) is 1. The number of nitrogens with zero attached hydrogens (tertiary/aromatic N) is 3. The quantitative estimate of drug-likeness (QED) is 0.881. The van der Waals surface area contributed by atoms with E-state index in [4.69, 9.17) is 0 Å². The summed E-state index contributed by atoms with van der Waals surface area (Å²) < 4.78 is 2.10. The van der Waals surface area contributed by atoms with E-state index in [0.717, 1.165) is 24.6 Å². The topological polar surface area (TPSA) is 42.2 Å². The number of hydrogen-bond acceptors (Lipinski definition) is 3. The second-order valence-corrected chi connectivity index (χ2v) is 5.44. The summed E-state index contributed by atoms with van der Waals surface area (Å²) in [6.45, 7) is 6.54. The van der Waals surface area contributed by atoms with Gasteiger partial charge in [-0.15, -0.1) is 10.2 Å². The van der Waals surface area contributed by atoms with E-state index in [2.05, 4.69) is 52.1 Å². The molecule has 0 aliphatic carbocycles. The number of fused-ring (bicyclic) bond motifs is 1. The highest BCUT2D eigenvalue weighted by Gasteiger charge is 2.16. The van der Waals surface area contributed by atoms with Gasteiger partial charge in [0.1, 0.15) is 5.82 Å². The predicted molar refractivity (Wildman–Crippen MR) is 71.9 cm³/mol. The molecule has 0 saturated carbocycles. The van der Waals surface area contributed by atoms with Gasteiger partial charge in [0.2, 0.25) is 0 Å². The van der Waals surface area contributed by atoms with Crippen LogP contribution in [0.4, 0.5) is 0 Å². The van der Waals surface area contributed by atoms with Crippen LogP contribution >= 0.6 is 0 Å². The highest BCUT2D eigenvalue weighted by molar-refractivity contribution is 5.43. The van der Waals surface area contributed by atoms with Gasteiger partial charge in [0.25, 0.3) is 0 Å². The fourth-order valence-corrected chi connectivity index (χ4v) is 2.71. The average Bonchev–Trinajstić information content (AvgIpc) is 2.82. The molecule has 3 heterocycles. The summed E-state index contributed by atoms with van der Waals surface area (Å²) in [4.78, 5) is 0. The van der Waals surface area contributed by atoms with Gasteiger partial charge < -0.3 is 5.32 Å². The van der Waals surface area contributed by atoms with E-state index in [9.17, 15) is 0 Å². The number of pyridine rings is 1. The minimum absolute atomic E-state index is 0.405. The van der Waals surface area contributed by atoms with Crippen LogP contribution in [0.1, 0.15) is 49.9 Å². The molecule has 2 aromatic heterocycles. The van der Waals surface area contributed by atoms with E-state index >= 15 is 0 Å². The summed E-state index contributed by atoms with van der Waals surface area (Å²) in [7, 11) is 0. The zero-order valence-corrected chi connectivity index (χ0v) is 11.1. The number of aromatic nitrogens is 3. The summed E-state index contributed by atoms with van der Waals surface area (Å²) >= 11 is 0. The molecule has 1 aliphatic heterocycles.